The summed E-state index contributed by atoms with van der Waals surface area (Å²) < 4.78 is 46.4. The first kappa shape index (κ1) is 35.4. The summed E-state index contributed by atoms with van der Waals surface area (Å²) in [7, 11) is -11.2. The van der Waals surface area contributed by atoms with Crippen molar-refractivity contribution in [2.75, 3.05) is 19.8 Å². The summed E-state index contributed by atoms with van der Waals surface area (Å²) in [5.74, 6) is -2.73. The van der Waals surface area contributed by atoms with Crippen LogP contribution in [0.25, 0.3) is 0 Å². The van der Waals surface area contributed by atoms with E-state index in [1.807, 2.05) is 0 Å². The van der Waals surface area contributed by atoms with Crippen LogP contribution in [0.1, 0.15) is 0 Å². The standard InChI is InChI=1S/C12H24O17P2.2Ca.4H/c13-1-4-6(16)8(18)9(19)11(25-4)27-12(3-15)10(7(17)5(2-14)26-12)28-31(23,24)29-30(20,21)22;;;;;;/h4-11,13-19H,1-3H2,(H,23,24)(H2,20,21,22);;;;;;/t4-,5-,6-,7-,8+,9-,10+,11-,12+;;;;;;/m1....../s1. The first-order valence-corrected chi connectivity index (χ1v) is 11.6. The number of rotatable bonds is 9. The van der Waals surface area contributed by atoms with Gasteiger partial charge in [-0.25, -0.2) is 9.13 Å². The monoisotopic (exact) mass is 586 g/mol. The van der Waals surface area contributed by atoms with E-state index in [1.54, 1.807) is 0 Å². The van der Waals surface area contributed by atoms with Crippen LogP contribution in [-0.4, -0.2) is 201 Å². The predicted molar refractivity (Wildman–Crippen MR) is 108 cm³/mol. The first-order valence-electron chi connectivity index (χ1n) is 8.54. The number of hydrogen-bond donors (Lipinski definition) is 10. The van der Waals surface area contributed by atoms with Crippen LogP contribution in [0, 0.1) is 0 Å². The molecule has 0 spiro atoms. The third-order valence-corrected chi connectivity index (χ3v) is 6.67. The van der Waals surface area contributed by atoms with Gasteiger partial charge in [-0.15, -0.1) is 0 Å². The molecule has 0 saturated carbocycles. The average Bonchev–Trinajstić information content (AvgIpc) is 2.92. The maximum atomic E-state index is 11.9. The molecule has 17 nitrogen and oxygen atoms in total. The minimum absolute atomic E-state index is 0. The fourth-order valence-electron chi connectivity index (χ4n) is 3.05. The van der Waals surface area contributed by atoms with Crippen LogP contribution in [-0.2, 0) is 32.2 Å². The van der Waals surface area contributed by atoms with Crippen LogP contribution >= 0.6 is 15.6 Å². The molecule has 192 valence electrons. The Bertz CT molecular complexity index is 709. The first-order chi connectivity index (χ1) is 14.2. The number of phosphoric acid groups is 2. The van der Waals surface area contributed by atoms with E-state index in [4.69, 9.17) is 24.0 Å². The molecule has 10 atom stereocenters. The molecule has 10 N–H and O–H groups in total. The summed E-state index contributed by atoms with van der Waals surface area (Å²) in [5, 5.41) is 68.4. The molecule has 0 aromatic carbocycles. The summed E-state index contributed by atoms with van der Waals surface area (Å²) >= 11 is 0. The SMILES string of the molecule is O=P(O)(O)OP(=O)(O)O[C@H]1[C@H](O)[C@@H](CO)O[C@@]1(CO)O[C@H]1O[C@H](CO)[C@@H](O)[C@H](O)[C@H]1O.[CaH2].[CaH2]. The van der Waals surface area contributed by atoms with Gasteiger partial charge >= 0.3 is 91.1 Å². The maximum absolute atomic E-state index is 11.9. The second-order valence-electron chi connectivity index (χ2n) is 6.68. The van der Waals surface area contributed by atoms with Gasteiger partial charge in [0.2, 0.25) is 5.79 Å². The van der Waals surface area contributed by atoms with Crippen LogP contribution in [0.15, 0.2) is 0 Å². The molecule has 0 aromatic heterocycles. The van der Waals surface area contributed by atoms with E-state index in [9.17, 15) is 49.8 Å². The Morgan fingerprint density at radius 1 is 0.818 bits per heavy atom. The molecular weight excluding hydrogens is 558 g/mol. The van der Waals surface area contributed by atoms with Crippen molar-refractivity contribution in [1.82, 2.24) is 0 Å². The second kappa shape index (κ2) is 14.0. The normalized spacial score (nSPS) is 41.0. The van der Waals surface area contributed by atoms with Gasteiger partial charge in [0.15, 0.2) is 12.4 Å². The number of hydrogen-bond acceptors (Lipinski definition) is 14. The summed E-state index contributed by atoms with van der Waals surface area (Å²) in [6.07, 6.45) is -15.2. The van der Waals surface area contributed by atoms with Crippen LogP contribution in [0.2, 0.25) is 0 Å². The molecule has 0 aliphatic carbocycles. The topological polar surface area (TPSA) is 283 Å². The zero-order valence-electron chi connectivity index (χ0n) is 15.5. The van der Waals surface area contributed by atoms with Crippen LogP contribution < -0.4 is 0 Å². The molecule has 21 heteroatoms. The molecule has 0 amide bonds. The summed E-state index contributed by atoms with van der Waals surface area (Å²) in [4.78, 5) is 27.0. The molecule has 33 heavy (non-hydrogen) atoms. The average molecular weight is 586 g/mol. The van der Waals surface area contributed by atoms with E-state index in [1.165, 1.54) is 0 Å². The van der Waals surface area contributed by atoms with Crippen molar-refractivity contribution >= 4 is 91.1 Å². The molecule has 2 aliphatic heterocycles. The molecule has 2 aliphatic rings. The fourth-order valence-corrected chi connectivity index (χ4v) is 4.86. The Morgan fingerprint density at radius 2 is 1.36 bits per heavy atom. The van der Waals surface area contributed by atoms with Gasteiger partial charge in [0, 0.05) is 0 Å². The molecular formula is C12H28Ca2O17P2. The van der Waals surface area contributed by atoms with E-state index in [0.717, 1.165) is 0 Å². The summed E-state index contributed by atoms with van der Waals surface area (Å²) in [6, 6.07) is 0. The van der Waals surface area contributed by atoms with Crippen molar-refractivity contribution in [2.24, 2.45) is 0 Å². The van der Waals surface area contributed by atoms with Gasteiger partial charge in [-0.3, -0.25) is 4.52 Å². The van der Waals surface area contributed by atoms with Gasteiger partial charge < -0.3 is 64.6 Å². The zero-order chi connectivity index (χ0) is 23.8. The van der Waals surface area contributed by atoms with Crippen molar-refractivity contribution < 1.29 is 82.6 Å². The summed E-state index contributed by atoms with van der Waals surface area (Å²) in [5.41, 5.74) is 0. The molecule has 2 fully saturated rings. The van der Waals surface area contributed by atoms with Gasteiger partial charge in [-0.05, 0) is 0 Å². The van der Waals surface area contributed by atoms with E-state index < -0.39 is 90.3 Å². The molecule has 0 radical (unpaired) electrons. The minimum atomic E-state index is -5.65. The Labute approximate surface area is 246 Å². The van der Waals surface area contributed by atoms with Gasteiger partial charge in [-0.1, -0.05) is 0 Å². The van der Waals surface area contributed by atoms with Crippen molar-refractivity contribution in [3.8, 4) is 0 Å². The Hall–Kier alpha value is 2.38. The van der Waals surface area contributed by atoms with Crippen molar-refractivity contribution in [1.29, 1.82) is 0 Å². The quantitative estimate of drug-likeness (QED) is 0.0887. The van der Waals surface area contributed by atoms with Crippen molar-refractivity contribution in [3.63, 3.8) is 0 Å². The fraction of sp³-hybridized carbons (Fsp3) is 1.00. The zero-order valence-corrected chi connectivity index (χ0v) is 17.3. The molecule has 2 saturated heterocycles. The number of aliphatic hydroxyl groups excluding tert-OH is 7. The van der Waals surface area contributed by atoms with Crippen molar-refractivity contribution in [2.45, 2.75) is 54.8 Å². The van der Waals surface area contributed by atoms with Crippen LogP contribution in [0.5, 0.6) is 0 Å². The van der Waals surface area contributed by atoms with Crippen LogP contribution in [0.4, 0.5) is 0 Å². The predicted octanol–water partition coefficient (Wildman–Crippen LogP) is -6.99. The van der Waals surface area contributed by atoms with E-state index in [-0.39, 0.29) is 75.5 Å². The van der Waals surface area contributed by atoms with E-state index in [0.29, 0.717) is 0 Å². The van der Waals surface area contributed by atoms with Gasteiger partial charge in [0.1, 0.15) is 43.2 Å². The van der Waals surface area contributed by atoms with Crippen molar-refractivity contribution in [3.05, 3.63) is 0 Å². The van der Waals surface area contributed by atoms with Crippen LogP contribution in [0.3, 0.4) is 0 Å². The Morgan fingerprint density at radius 3 is 1.82 bits per heavy atom. The molecule has 0 aromatic rings. The third-order valence-electron chi connectivity index (χ3n) is 4.50. The Balaban J connectivity index is 0.00000512. The number of aliphatic hydroxyl groups is 7. The molecule has 2 heterocycles. The number of phosphoric ester groups is 1. The van der Waals surface area contributed by atoms with Gasteiger partial charge in [0.05, 0.1) is 13.2 Å². The number of ether oxygens (including phenoxy) is 3. The van der Waals surface area contributed by atoms with E-state index in [2.05, 4.69) is 8.83 Å². The molecule has 2 rings (SSSR count). The second-order valence-corrected chi connectivity index (χ2v) is 9.46. The molecule has 0 bridgehead atoms. The Kier molecular flexibility index (Phi) is 15.0. The van der Waals surface area contributed by atoms with Gasteiger partial charge in [0.25, 0.3) is 0 Å². The molecule has 1 unspecified atom stereocenters. The summed E-state index contributed by atoms with van der Waals surface area (Å²) in [6.45, 7) is -3.15. The third kappa shape index (κ3) is 8.70. The van der Waals surface area contributed by atoms with Gasteiger partial charge in [-0.2, -0.15) is 4.31 Å². The van der Waals surface area contributed by atoms with E-state index >= 15 is 0 Å².